The molecule has 0 aromatic heterocycles. The second-order valence-corrected chi connectivity index (χ2v) is 6.46. The molecule has 19 heavy (non-hydrogen) atoms. The van der Waals surface area contributed by atoms with Crippen LogP contribution in [0.3, 0.4) is 0 Å². The Kier molecular flexibility index (Phi) is 4.00. The standard InChI is InChI=1S/C17H26N2/c1-13-6-5-7-14(12-18)16(13)19-10-8-15(9-11-19)17(2,3)4/h5-8H,9-12,18H2,1-4H3. The van der Waals surface area contributed by atoms with Crippen LogP contribution < -0.4 is 10.6 Å². The Labute approximate surface area is 117 Å². The first-order valence-corrected chi connectivity index (χ1v) is 7.16. The van der Waals surface area contributed by atoms with E-state index in [9.17, 15) is 0 Å². The molecular formula is C17H26N2. The van der Waals surface area contributed by atoms with E-state index in [1.165, 1.54) is 16.8 Å². The van der Waals surface area contributed by atoms with E-state index < -0.39 is 0 Å². The zero-order chi connectivity index (χ0) is 14.0. The van der Waals surface area contributed by atoms with Gasteiger partial charge in [0.25, 0.3) is 0 Å². The highest BCUT2D eigenvalue weighted by Gasteiger charge is 2.22. The molecule has 0 bridgehead atoms. The molecule has 2 N–H and O–H groups in total. The van der Waals surface area contributed by atoms with E-state index in [0.29, 0.717) is 12.0 Å². The third-order valence-corrected chi connectivity index (χ3v) is 4.03. The fourth-order valence-corrected chi connectivity index (χ4v) is 2.89. The molecule has 1 heterocycles. The van der Waals surface area contributed by atoms with Gasteiger partial charge in [0, 0.05) is 25.3 Å². The molecule has 2 nitrogen and oxygen atoms in total. The molecule has 2 rings (SSSR count). The van der Waals surface area contributed by atoms with Crippen LogP contribution in [-0.4, -0.2) is 13.1 Å². The lowest BCUT2D eigenvalue weighted by Crippen LogP contribution is -2.32. The van der Waals surface area contributed by atoms with Gasteiger partial charge in [-0.1, -0.05) is 50.6 Å². The highest BCUT2D eigenvalue weighted by atomic mass is 15.1. The van der Waals surface area contributed by atoms with Crippen molar-refractivity contribution in [2.45, 2.75) is 40.7 Å². The molecule has 0 radical (unpaired) electrons. The third kappa shape index (κ3) is 3.01. The number of para-hydroxylation sites is 1. The van der Waals surface area contributed by atoms with Gasteiger partial charge in [-0.15, -0.1) is 0 Å². The van der Waals surface area contributed by atoms with Crippen molar-refractivity contribution in [2.75, 3.05) is 18.0 Å². The minimum Gasteiger partial charge on any atom is -0.367 e. The Bertz CT molecular complexity index is 481. The van der Waals surface area contributed by atoms with Crippen molar-refractivity contribution in [1.82, 2.24) is 0 Å². The Morgan fingerprint density at radius 3 is 2.53 bits per heavy atom. The minimum atomic E-state index is 0.300. The SMILES string of the molecule is Cc1cccc(CN)c1N1CC=C(C(C)(C)C)CC1. The van der Waals surface area contributed by atoms with Gasteiger partial charge in [0.15, 0.2) is 0 Å². The van der Waals surface area contributed by atoms with E-state index in [1.807, 2.05) is 0 Å². The molecule has 0 amide bonds. The van der Waals surface area contributed by atoms with Crippen molar-refractivity contribution in [3.8, 4) is 0 Å². The first-order valence-electron chi connectivity index (χ1n) is 7.16. The number of hydrogen-bond donors (Lipinski definition) is 1. The average molecular weight is 258 g/mol. The molecule has 0 atom stereocenters. The number of hydrogen-bond acceptors (Lipinski definition) is 2. The second-order valence-electron chi connectivity index (χ2n) is 6.46. The molecule has 1 aliphatic rings. The number of rotatable bonds is 2. The summed E-state index contributed by atoms with van der Waals surface area (Å²) in [5, 5.41) is 0. The van der Waals surface area contributed by atoms with Gasteiger partial charge in [0.1, 0.15) is 0 Å². The van der Waals surface area contributed by atoms with Crippen molar-refractivity contribution in [3.63, 3.8) is 0 Å². The Morgan fingerprint density at radius 2 is 2.00 bits per heavy atom. The molecule has 2 heteroatoms. The third-order valence-electron chi connectivity index (χ3n) is 4.03. The van der Waals surface area contributed by atoms with E-state index >= 15 is 0 Å². The molecule has 0 spiro atoms. The molecule has 0 fully saturated rings. The fourth-order valence-electron chi connectivity index (χ4n) is 2.89. The van der Waals surface area contributed by atoms with E-state index in [2.05, 4.69) is 56.9 Å². The van der Waals surface area contributed by atoms with Crippen LogP contribution in [0.1, 0.15) is 38.3 Å². The lowest BCUT2D eigenvalue weighted by Gasteiger charge is -2.35. The van der Waals surface area contributed by atoms with Gasteiger partial charge in [-0.05, 0) is 29.9 Å². The van der Waals surface area contributed by atoms with Crippen LogP contribution in [0.2, 0.25) is 0 Å². The molecule has 1 aromatic carbocycles. The first-order chi connectivity index (χ1) is 8.93. The number of nitrogens with zero attached hydrogens (tertiary/aromatic N) is 1. The monoisotopic (exact) mass is 258 g/mol. The number of benzene rings is 1. The predicted molar refractivity (Wildman–Crippen MR) is 83.4 cm³/mol. The molecule has 0 aliphatic carbocycles. The topological polar surface area (TPSA) is 29.3 Å². The normalized spacial score (nSPS) is 16.5. The maximum absolute atomic E-state index is 5.88. The Balaban J connectivity index is 2.25. The number of nitrogens with two attached hydrogens (primary N) is 1. The summed E-state index contributed by atoms with van der Waals surface area (Å²) >= 11 is 0. The van der Waals surface area contributed by atoms with Crippen molar-refractivity contribution in [3.05, 3.63) is 41.0 Å². The lowest BCUT2D eigenvalue weighted by atomic mass is 9.83. The zero-order valence-electron chi connectivity index (χ0n) is 12.7. The van der Waals surface area contributed by atoms with Gasteiger partial charge < -0.3 is 10.6 Å². The summed E-state index contributed by atoms with van der Waals surface area (Å²) in [6.45, 7) is 11.8. The van der Waals surface area contributed by atoms with Crippen molar-refractivity contribution >= 4 is 5.69 Å². The van der Waals surface area contributed by atoms with E-state index in [-0.39, 0.29) is 0 Å². The Hall–Kier alpha value is -1.28. The molecule has 104 valence electrons. The van der Waals surface area contributed by atoms with Gasteiger partial charge in [-0.2, -0.15) is 0 Å². The van der Waals surface area contributed by atoms with Gasteiger partial charge >= 0.3 is 0 Å². The average Bonchev–Trinajstić information content (AvgIpc) is 2.37. The zero-order valence-corrected chi connectivity index (χ0v) is 12.7. The van der Waals surface area contributed by atoms with Crippen LogP contribution in [-0.2, 0) is 6.54 Å². The van der Waals surface area contributed by atoms with E-state index in [4.69, 9.17) is 5.73 Å². The molecule has 1 aromatic rings. The van der Waals surface area contributed by atoms with Crippen LogP contribution in [0.15, 0.2) is 29.8 Å². The van der Waals surface area contributed by atoms with Crippen molar-refractivity contribution < 1.29 is 0 Å². The molecule has 1 aliphatic heterocycles. The molecule has 0 unspecified atom stereocenters. The van der Waals surface area contributed by atoms with Gasteiger partial charge in [-0.3, -0.25) is 0 Å². The molecule has 0 saturated heterocycles. The highest BCUT2D eigenvalue weighted by Crippen LogP contribution is 2.33. The summed E-state index contributed by atoms with van der Waals surface area (Å²) in [5.74, 6) is 0. The first kappa shape index (κ1) is 14.1. The van der Waals surface area contributed by atoms with Gasteiger partial charge in [0.2, 0.25) is 0 Å². The summed E-state index contributed by atoms with van der Waals surface area (Å²) in [6, 6.07) is 6.42. The van der Waals surface area contributed by atoms with Crippen molar-refractivity contribution in [2.24, 2.45) is 11.1 Å². The van der Waals surface area contributed by atoms with Gasteiger partial charge in [-0.25, -0.2) is 0 Å². The summed E-state index contributed by atoms with van der Waals surface area (Å²) in [5.41, 5.74) is 11.7. The van der Waals surface area contributed by atoms with Crippen LogP contribution >= 0.6 is 0 Å². The van der Waals surface area contributed by atoms with E-state index in [1.54, 1.807) is 5.57 Å². The number of aryl methyl sites for hydroxylation is 1. The Morgan fingerprint density at radius 1 is 1.26 bits per heavy atom. The van der Waals surface area contributed by atoms with E-state index in [0.717, 1.165) is 19.5 Å². The predicted octanol–water partition coefficient (Wildman–Crippen LogP) is 3.64. The fraction of sp³-hybridized carbons (Fsp3) is 0.529. The van der Waals surface area contributed by atoms with Crippen molar-refractivity contribution in [1.29, 1.82) is 0 Å². The molecular weight excluding hydrogens is 232 g/mol. The smallest absolute Gasteiger partial charge is 0.0444 e. The molecule has 0 saturated carbocycles. The van der Waals surface area contributed by atoms with Gasteiger partial charge in [0.05, 0.1) is 0 Å². The van der Waals surface area contributed by atoms with Crippen LogP contribution in [0.25, 0.3) is 0 Å². The summed E-state index contributed by atoms with van der Waals surface area (Å²) in [4.78, 5) is 2.47. The largest absolute Gasteiger partial charge is 0.367 e. The maximum Gasteiger partial charge on any atom is 0.0444 e. The van der Waals surface area contributed by atoms with Crippen LogP contribution in [0.4, 0.5) is 5.69 Å². The summed E-state index contributed by atoms with van der Waals surface area (Å²) in [7, 11) is 0. The van der Waals surface area contributed by atoms with Crippen LogP contribution in [0.5, 0.6) is 0 Å². The second kappa shape index (κ2) is 5.38. The van der Waals surface area contributed by atoms with Crippen LogP contribution in [0, 0.1) is 12.3 Å². The summed E-state index contributed by atoms with van der Waals surface area (Å²) in [6.07, 6.45) is 3.55. The number of anilines is 1. The minimum absolute atomic E-state index is 0.300. The maximum atomic E-state index is 5.88. The lowest BCUT2D eigenvalue weighted by molar-refractivity contribution is 0.472. The summed E-state index contributed by atoms with van der Waals surface area (Å²) < 4.78 is 0. The quantitative estimate of drug-likeness (QED) is 0.821. The highest BCUT2D eigenvalue weighted by molar-refractivity contribution is 5.60.